The van der Waals surface area contributed by atoms with E-state index in [0.717, 1.165) is 6.54 Å². The van der Waals surface area contributed by atoms with Gasteiger partial charge in [0.1, 0.15) is 6.61 Å². The van der Waals surface area contributed by atoms with Gasteiger partial charge in [0.05, 0.1) is 13.2 Å². The Labute approximate surface area is 91.5 Å². The normalized spacial score (nSPS) is 12.5. The van der Waals surface area contributed by atoms with E-state index in [1.54, 1.807) is 7.11 Å². The van der Waals surface area contributed by atoms with Gasteiger partial charge in [-0.25, -0.2) is 0 Å². The van der Waals surface area contributed by atoms with Crippen LogP contribution in [0.3, 0.4) is 0 Å². The molecule has 2 N–H and O–H groups in total. The van der Waals surface area contributed by atoms with E-state index in [-0.39, 0.29) is 12.5 Å². The molecule has 0 spiro atoms. The van der Waals surface area contributed by atoms with E-state index < -0.39 is 0 Å². The Morgan fingerprint density at radius 3 is 2.67 bits per heavy atom. The minimum atomic E-state index is -0.0749. The number of carbonyl (C=O) groups is 1. The van der Waals surface area contributed by atoms with Crippen molar-refractivity contribution in [3.8, 4) is 0 Å². The molecule has 90 valence electrons. The van der Waals surface area contributed by atoms with Crippen LogP contribution < -0.4 is 10.6 Å². The predicted molar refractivity (Wildman–Crippen MR) is 58.8 cm³/mol. The van der Waals surface area contributed by atoms with Gasteiger partial charge in [-0.2, -0.15) is 0 Å². The first kappa shape index (κ1) is 14.3. The van der Waals surface area contributed by atoms with Crippen molar-refractivity contribution in [2.45, 2.75) is 6.92 Å². The molecule has 0 rings (SSSR count). The highest BCUT2D eigenvalue weighted by atomic mass is 16.5. The third kappa shape index (κ3) is 9.65. The number of carbonyl (C=O) groups excluding carboxylic acids is 1. The van der Waals surface area contributed by atoms with E-state index in [2.05, 4.69) is 17.6 Å². The second-order valence-corrected chi connectivity index (χ2v) is 3.51. The largest absolute Gasteiger partial charge is 0.382 e. The van der Waals surface area contributed by atoms with Gasteiger partial charge in [-0.1, -0.05) is 6.92 Å². The van der Waals surface area contributed by atoms with Crippen LogP contribution >= 0.6 is 0 Å². The molecule has 0 aliphatic rings. The zero-order chi connectivity index (χ0) is 11.5. The van der Waals surface area contributed by atoms with Crippen molar-refractivity contribution in [2.24, 2.45) is 5.92 Å². The van der Waals surface area contributed by atoms with Crippen LogP contribution in [0.15, 0.2) is 0 Å². The van der Waals surface area contributed by atoms with Gasteiger partial charge >= 0.3 is 0 Å². The first-order valence-electron chi connectivity index (χ1n) is 5.18. The van der Waals surface area contributed by atoms with Crippen LogP contribution in [-0.2, 0) is 14.3 Å². The Hall–Kier alpha value is -0.650. The maximum atomic E-state index is 11.2. The third-order valence-electron chi connectivity index (χ3n) is 1.87. The fourth-order valence-corrected chi connectivity index (χ4v) is 1.07. The molecule has 0 aliphatic heterocycles. The van der Waals surface area contributed by atoms with Gasteiger partial charge in [0.15, 0.2) is 0 Å². The fraction of sp³-hybridized carbons (Fsp3) is 0.900. The molecule has 0 saturated heterocycles. The molecule has 5 heteroatoms. The van der Waals surface area contributed by atoms with Crippen LogP contribution in [-0.4, -0.2) is 53.0 Å². The summed E-state index contributed by atoms with van der Waals surface area (Å²) in [6.45, 7) is 4.72. The summed E-state index contributed by atoms with van der Waals surface area (Å²) < 4.78 is 9.86. The molecule has 0 radical (unpaired) electrons. The molecule has 0 aromatic carbocycles. The van der Waals surface area contributed by atoms with Crippen LogP contribution in [0, 0.1) is 5.92 Å². The van der Waals surface area contributed by atoms with Gasteiger partial charge in [-0.15, -0.1) is 0 Å². The molecule has 1 unspecified atom stereocenters. The number of methoxy groups -OCH3 is 1. The van der Waals surface area contributed by atoms with Crippen molar-refractivity contribution in [3.63, 3.8) is 0 Å². The smallest absolute Gasteiger partial charge is 0.246 e. The molecule has 1 amide bonds. The van der Waals surface area contributed by atoms with E-state index in [1.807, 2.05) is 7.05 Å². The summed E-state index contributed by atoms with van der Waals surface area (Å²) in [6, 6.07) is 0. The summed E-state index contributed by atoms with van der Waals surface area (Å²) in [5, 5.41) is 5.85. The van der Waals surface area contributed by atoms with Crippen molar-refractivity contribution >= 4 is 5.91 Å². The Morgan fingerprint density at radius 2 is 2.07 bits per heavy atom. The quantitative estimate of drug-likeness (QED) is 0.518. The van der Waals surface area contributed by atoms with Gasteiger partial charge in [0.2, 0.25) is 5.91 Å². The fourth-order valence-electron chi connectivity index (χ4n) is 1.07. The molecular formula is C10H22N2O3. The highest BCUT2D eigenvalue weighted by Crippen LogP contribution is 1.88. The molecule has 0 fully saturated rings. The highest BCUT2D eigenvalue weighted by molar-refractivity contribution is 5.77. The lowest BCUT2D eigenvalue weighted by Crippen LogP contribution is -2.34. The minimum absolute atomic E-state index is 0.0749. The summed E-state index contributed by atoms with van der Waals surface area (Å²) in [7, 11) is 3.50. The Morgan fingerprint density at radius 1 is 1.33 bits per heavy atom. The van der Waals surface area contributed by atoms with Gasteiger partial charge in [-0.05, 0) is 19.5 Å². The van der Waals surface area contributed by atoms with Gasteiger partial charge in [0, 0.05) is 13.7 Å². The van der Waals surface area contributed by atoms with Crippen molar-refractivity contribution in [1.82, 2.24) is 10.6 Å². The number of hydrogen-bond donors (Lipinski definition) is 2. The Balaban J connectivity index is 3.32. The number of rotatable bonds is 9. The van der Waals surface area contributed by atoms with Gasteiger partial charge < -0.3 is 20.1 Å². The van der Waals surface area contributed by atoms with Crippen LogP contribution in [0.4, 0.5) is 0 Å². The predicted octanol–water partition coefficient (Wildman–Crippen LogP) is -0.379. The zero-order valence-corrected chi connectivity index (χ0v) is 9.84. The number of ether oxygens (including phenoxy) is 2. The summed E-state index contributed by atoms with van der Waals surface area (Å²) in [6.07, 6.45) is 0. The average Bonchev–Trinajstić information content (AvgIpc) is 2.22. The first-order valence-corrected chi connectivity index (χ1v) is 5.18. The lowest BCUT2D eigenvalue weighted by Gasteiger charge is -2.11. The molecular weight excluding hydrogens is 196 g/mol. The molecule has 15 heavy (non-hydrogen) atoms. The van der Waals surface area contributed by atoms with Crippen LogP contribution in [0.25, 0.3) is 0 Å². The van der Waals surface area contributed by atoms with Crippen LogP contribution in [0.1, 0.15) is 6.92 Å². The van der Waals surface area contributed by atoms with E-state index in [0.29, 0.717) is 25.7 Å². The maximum Gasteiger partial charge on any atom is 0.246 e. The number of nitrogens with one attached hydrogen (secondary N) is 2. The van der Waals surface area contributed by atoms with Crippen LogP contribution in [0.5, 0.6) is 0 Å². The number of amides is 1. The SMILES string of the molecule is CNCC(C)CNC(=O)COCCOC. The number of hydrogen-bond acceptors (Lipinski definition) is 4. The van der Waals surface area contributed by atoms with Crippen molar-refractivity contribution in [3.05, 3.63) is 0 Å². The molecule has 0 aliphatic carbocycles. The van der Waals surface area contributed by atoms with E-state index in [4.69, 9.17) is 9.47 Å². The summed E-state index contributed by atoms with van der Waals surface area (Å²) >= 11 is 0. The molecule has 0 aromatic rings. The van der Waals surface area contributed by atoms with Crippen molar-refractivity contribution in [2.75, 3.05) is 47.1 Å². The van der Waals surface area contributed by atoms with E-state index in [1.165, 1.54) is 0 Å². The lowest BCUT2D eigenvalue weighted by atomic mass is 10.2. The minimum Gasteiger partial charge on any atom is -0.382 e. The average molecular weight is 218 g/mol. The zero-order valence-electron chi connectivity index (χ0n) is 9.84. The van der Waals surface area contributed by atoms with Gasteiger partial charge in [0.25, 0.3) is 0 Å². The second-order valence-electron chi connectivity index (χ2n) is 3.51. The van der Waals surface area contributed by atoms with E-state index >= 15 is 0 Å². The standard InChI is InChI=1S/C10H22N2O3/c1-9(6-11-2)7-12-10(13)8-15-5-4-14-3/h9,11H,4-8H2,1-3H3,(H,12,13). The highest BCUT2D eigenvalue weighted by Gasteiger charge is 2.04. The lowest BCUT2D eigenvalue weighted by molar-refractivity contribution is -0.126. The molecule has 0 aromatic heterocycles. The van der Waals surface area contributed by atoms with Gasteiger partial charge in [-0.3, -0.25) is 4.79 Å². The molecule has 0 bridgehead atoms. The summed E-state index contributed by atoms with van der Waals surface area (Å²) in [5.41, 5.74) is 0. The third-order valence-corrected chi connectivity index (χ3v) is 1.87. The molecule has 5 nitrogen and oxygen atoms in total. The molecule has 0 saturated carbocycles. The Bertz CT molecular complexity index is 165. The van der Waals surface area contributed by atoms with E-state index in [9.17, 15) is 4.79 Å². The van der Waals surface area contributed by atoms with Crippen LogP contribution in [0.2, 0.25) is 0 Å². The summed E-state index contributed by atoms with van der Waals surface area (Å²) in [5.74, 6) is 0.354. The Kier molecular flexibility index (Phi) is 9.46. The monoisotopic (exact) mass is 218 g/mol. The van der Waals surface area contributed by atoms with Crippen molar-refractivity contribution in [1.29, 1.82) is 0 Å². The van der Waals surface area contributed by atoms with Crippen molar-refractivity contribution < 1.29 is 14.3 Å². The molecule has 1 atom stereocenters. The molecule has 0 heterocycles. The maximum absolute atomic E-state index is 11.2. The topological polar surface area (TPSA) is 59.6 Å². The summed E-state index contributed by atoms with van der Waals surface area (Å²) in [4.78, 5) is 11.2. The first-order chi connectivity index (χ1) is 7.20. The second kappa shape index (κ2) is 9.89.